The lowest BCUT2D eigenvalue weighted by molar-refractivity contribution is 0.102. The number of rotatable bonds is 4. The van der Waals surface area contributed by atoms with Gasteiger partial charge in [0.15, 0.2) is 16.7 Å². The number of pyridine rings is 1. The van der Waals surface area contributed by atoms with Crippen LogP contribution >= 0.6 is 22.9 Å². The summed E-state index contributed by atoms with van der Waals surface area (Å²) in [5, 5.41) is 5.17. The Balaban J connectivity index is 1.78. The lowest BCUT2D eigenvalue weighted by Crippen LogP contribution is -2.13. The van der Waals surface area contributed by atoms with Crippen LogP contribution in [-0.2, 0) is 0 Å². The number of amides is 1. The number of thiazole rings is 1. The number of carbonyl (C=O) groups is 1. The first-order chi connectivity index (χ1) is 11.6. The standard InChI is InChI=1S/C16H11ClFN3O2S/c1-23-14-3-2-9(6-11(14)18)13-8-24-16(20-13)21-15(22)12-7-10(17)4-5-19-12/h2-8H,1H3,(H,20,21,22). The summed E-state index contributed by atoms with van der Waals surface area (Å²) in [5.41, 5.74) is 1.33. The number of nitrogens with zero attached hydrogens (tertiary/aromatic N) is 2. The van der Waals surface area contributed by atoms with Gasteiger partial charge in [-0.3, -0.25) is 15.1 Å². The Labute approximate surface area is 146 Å². The zero-order valence-electron chi connectivity index (χ0n) is 12.4. The monoisotopic (exact) mass is 363 g/mol. The fraction of sp³-hybridized carbons (Fsp3) is 0.0625. The predicted molar refractivity (Wildman–Crippen MR) is 91.3 cm³/mol. The molecule has 0 aliphatic carbocycles. The van der Waals surface area contributed by atoms with E-state index in [9.17, 15) is 9.18 Å². The van der Waals surface area contributed by atoms with Crippen molar-refractivity contribution in [2.24, 2.45) is 0 Å². The van der Waals surface area contributed by atoms with E-state index in [2.05, 4.69) is 15.3 Å². The third-order valence-electron chi connectivity index (χ3n) is 3.13. The molecule has 2 aromatic heterocycles. The van der Waals surface area contributed by atoms with Crippen LogP contribution in [0.2, 0.25) is 5.02 Å². The van der Waals surface area contributed by atoms with Gasteiger partial charge in [0.05, 0.1) is 12.8 Å². The largest absolute Gasteiger partial charge is 0.494 e. The second-order valence-electron chi connectivity index (χ2n) is 4.70. The molecule has 0 saturated carbocycles. The van der Waals surface area contributed by atoms with Crippen molar-refractivity contribution < 1.29 is 13.9 Å². The molecule has 0 aliphatic heterocycles. The Morgan fingerprint density at radius 1 is 1.33 bits per heavy atom. The van der Waals surface area contributed by atoms with Crippen LogP contribution < -0.4 is 10.1 Å². The molecule has 0 aliphatic rings. The SMILES string of the molecule is COc1ccc(-c2csc(NC(=O)c3cc(Cl)ccn3)n2)cc1F. The first-order valence-corrected chi connectivity index (χ1v) is 8.05. The van der Waals surface area contributed by atoms with Crippen LogP contribution in [0.1, 0.15) is 10.5 Å². The van der Waals surface area contributed by atoms with E-state index < -0.39 is 11.7 Å². The highest BCUT2D eigenvalue weighted by molar-refractivity contribution is 7.14. The molecule has 3 rings (SSSR count). The number of anilines is 1. The number of halogens is 2. The smallest absolute Gasteiger partial charge is 0.276 e. The minimum atomic E-state index is -0.475. The van der Waals surface area contributed by atoms with Gasteiger partial charge in [0, 0.05) is 22.2 Å². The lowest BCUT2D eigenvalue weighted by Gasteiger charge is -2.03. The third-order valence-corrected chi connectivity index (χ3v) is 4.12. The van der Waals surface area contributed by atoms with E-state index in [-0.39, 0.29) is 11.4 Å². The van der Waals surface area contributed by atoms with Gasteiger partial charge in [-0.05, 0) is 30.3 Å². The summed E-state index contributed by atoms with van der Waals surface area (Å²) in [6.07, 6.45) is 1.45. The molecule has 24 heavy (non-hydrogen) atoms. The highest BCUT2D eigenvalue weighted by Gasteiger charge is 2.12. The van der Waals surface area contributed by atoms with Gasteiger partial charge in [-0.25, -0.2) is 9.37 Å². The summed E-state index contributed by atoms with van der Waals surface area (Å²) in [6.45, 7) is 0. The van der Waals surface area contributed by atoms with Gasteiger partial charge in [-0.15, -0.1) is 11.3 Å². The van der Waals surface area contributed by atoms with Gasteiger partial charge < -0.3 is 4.74 Å². The van der Waals surface area contributed by atoms with E-state index in [0.29, 0.717) is 21.4 Å². The molecule has 8 heteroatoms. The van der Waals surface area contributed by atoms with E-state index in [1.54, 1.807) is 17.5 Å². The van der Waals surface area contributed by atoms with Gasteiger partial charge in [0.1, 0.15) is 5.69 Å². The molecule has 0 unspecified atom stereocenters. The zero-order valence-corrected chi connectivity index (χ0v) is 14.0. The molecule has 0 saturated heterocycles. The predicted octanol–water partition coefficient (Wildman–Crippen LogP) is 4.26. The lowest BCUT2D eigenvalue weighted by atomic mass is 10.1. The van der Waals surface area contributed by atoms with Gasteiger partial charge in [0.2, 0.25) is 0 Å². The molecule has 0 bridgehead atoms. The number of methoxy groups -OCH3 is 1. The molecular formula is C16H11ClFN3O2S. The highest BCUT2D eigenvalue weighted by atomic mass is 35.5. The summed E-state index contributed by atoms with van der Waals surface area (Å²) in [5.74, 6) is -0.731. The average molecular weight is 364 g/mol. The maximum Gasteiger partial charge on any atom is 0.276 e. The van der Waals surface area contributed by atoms with Crippen LogP contribution in [0.4, 0.5) is 9.52 Å². The van der Waals surface area contributed by atoms with Crippen LogP contribution in [0.5, 0.6) is 5.75 Å². The van der Waals surface area contributed by atoms with E-state index in [1.807, 2.05) is 0 Å². The Kier molecular flexibility index (Phi) is 4.73. The molecule has 5 nitrogen and oxygen atoms in total. The van der Waals surface area contributed by atoms with Crippen molar-refractivity contribution in [2.75, 3.05) is 12.4 Å². The Morgan fingerprint density at radius 3 is 2.88 bits per heavy atom. The second kappa shape index (κ2) is 6.94. The summed E-state index contributed by atoms with van der Waals surface area (Å²) in [6, 6.07) is 7.60. The Hall–Kier alpha value is -2.51. The molecule has 3 aromatic rings. The topological polar surface area (TPSA) is 64.1 Å². The Bertz CT molecular complexity index is 901. The van der Waals surface area contributed by atoms with Crippen molar-refractivity contribution in [1.29, 1.82) is 0 Å². The normalized spacial score (nSPS) is 10.5. The number of hydrogen-bond donors (Lipinski definition) is 1. The van der Waals surface area contributed by atoms with Crippen molar-refractivity contribution in [3.05, 3.63) is 58.4 Å². The molecule has 0 atom stereocenters. The van der Waals surface area contributed by atoms with Crippen molar-refractivity contribution in [3.8, 4) is 17.0 Å². The molecule has 0 radical (unpaired) electrons. The number of benzene rings is 1. The zero-order chi connectivity index (χ0) is 17.1. The Morgan fingerprint density at radius 2 is 2.17 bits per heavy atom. The minimum absolute atomic E-state index is 0.162. The quantitative estimate of drug-likeness (QED) is 0.752. The van der Waals surface area contributed by atoms with Crippen LogP contribution in [0, 0.1) is 5.82 Å². The van der Waals surface area contributed by atoms with Gasteiger partial charge >= 0.3 is 0 Å². The molecule has 1 aromatic carbocycles. The van der Waals surface area contributed by atoms with Crippen LogP contribution in [0.25, 0.3) is 11.3 Å². The van der Waals surface area contributed by atoms with E-state index in [4.69, 9.17) is 16.3 Å². The fourth-order valence-corrected chi connectivity index (χ4v) is 2.85. The van der Waals surface area contributed by atoms with Crippen LogP contribution in [0.3, 0.4) is 0 Å². The minimum Gasteiger partial charge on any atom is -0.494 e. The first-order valence-electron chi connectivity index (χ1n) is 6.79. The van der Waals surface area contributed by atoms with E-state index in [1.165, 1.54) is 42.8 Å². The van der Waals surface area contributed by atoms with E-state index in [0.717, 1.165) is 0 Å². The maximum absolute atomic E-state index is 13.8. The number of nitrogens with one attached hydrogen (secondary N) is 1. The number of hydrogen-bond acceptors (Lipinski definition) is 5. The van der Waals surface area contributed by atoms with Gasteiger partial charge in [-0.1, -0.05) is 11.6 Å². The third kappa shape index (κ3) is 3.52. The second-order valence-corrected chi connectivity index (χ2v) is 6.00. The van der Waals surface area contributed by atoms with Gasteiger partial charge in [0.25, 0.3) is 5.91 Å². The summed E-state index contributed by atoms with van der Waals surface area (Å²) in [4.78, 5) is 20.3. The van der Waals surface area contributed by atoms with Crippen molar-refractivity contribution in [2.45, 2.75) is 0 Å². The number of aromatic nitrogens is 2. The summed E-state index contributed by atoms with van der Waals surface area (Å²) in [7, 11) is 1.40. The van der Waals surface area contributed by atoms with E-state index >= 15 is 0 Å². The molecule has 0 spiro atoms. The number of ether oxygens (including phenoxy) is 1. The molecular weight excluding hydrogens is 353 g/mol. The highest BCUT2D eigenvalue weighted by Crippen LogP contribution is 2.28. The molecule has 1 N–H and O–H groups in total. The molecule has 122 valence electrons. The maximum atomic E-state index is 13.8. The average Bonchev–Trinajstić information content (AvgIpc) is 3.03. The van der Waals surface area contributed by atoms with Crippen molar-refractivity contribution in [3.63, 3.8) is 0 Å². The van der Waals surface area contributed by atoms with Crippen molar-refractivity contribution in [1.82, 2.24) is 9.97 Å². The fourth-order valence-electron chi connectivity index (χ4n) is 1.98. The van der Waals surface area contributed by atoms with Gasteiger partial charge in [-0.2, -0.15) is 0 Å². The summed E-state index contributed by atoms with van der Waals surface area (Å²) < 4.78 is 18.7. The molecule has 1 amide bonds. The summed E-state index contributed by atoms with van der Waals surface area (Å²) >= 11 is 7.07. The first kappa shape index (κ1) is 16.4. The molecule has 2 heterocycles. The van der Waals surface area contributed by atoms with Crippen LogP contribution in [0.15, 0.2) is 41.9 Å². The molecule has 0 fully saturated rings. The van der Waals surface area contributed by atoms with Crippen molar-refractivity contribution >= 4 is 34.0 Å². The number of carbonyl (C=O) groups excluding carboxylic acids is 1. The van der Waals surface area contributed by atoms with Crippen LogP contribution in [-0.4, -0.2) is 23.0 Å².